The Labute approximate surface area is 86.0 Å². The van der Waals surface area contributed by atoms with E-state index in [4.69, 9.17) is 4.74 Å². The second-order valence-corrected chi connectivity index (χ2v) is 4.77. The van der Waals surface area contributed by atoms with Crippen molar-refractivity contribution in [1.82, 2.24) is 0 Å². The average molecular weight is 196 g/mol. The zero-order valence-corrected chi connectivity index (χ0v) is 8.84. The number of ether oxygens (including phenoxy) is 1. The maximum atomic E-state index is 11.1. The smallest absolute Gasteiger partial charge is 0.132 e. The third-order valence-corrected chi connectivity index (χ3v) is 3.67. The van der Waals surface area contributed by atoms with Crippen LogP contribution in [-0.4, -0.2) is 19.0 Å². The van der Waals surface area contributed by atoms with Gasteiger partial charge in [0.05, 0.1) is 0 Å². The predicted octanol–water partition coefficient (Wildman–Crippen LogP) is 2.56. The van der Waals surface area contributed by atoms with Gasteiger partial charge in [-0.15, -0.1) is 0 Å². The number of hydrogen-bond donors (Lipinski definition) is 0. The van der Waals surface area contributed by atoms with Crippen LogP contribution in [0.15, 0.2) is 0 Å². The summed E-state index contributed by atoms with van der Waals surface area (Å²) in [5.41, 5.74) is 0. The summed E-state index contributed by atoms with van der Waals surface area (Å²) in [6.07, 6.45) is 7.81. The van der Waals surface area contributed by atoms with Gasteiger partial charge in [-0.05, 0) is 43.9 Å². The SMILES string of the molecule is O=C1CCC(CC2CCOCC2)CC1. The highest BCUT2D eigenvalue weighted by atomic mass is 16.5. The van der Waals surface area contributed by atoms with Crippen LogP contribution in [0.2, 0.25) is 0 Å². The number of rotatable bonds is 2. The van der Waals surface area contributed by atoms with Gasteiger partial charge < -0.3 is 4.74 Å². The van der Waals surface area contributed by atoms with Crippen LogP contribution in [0.3, 0.4) is 0 Å². The molecule has 0 amide bonds. The molecule has 1 aliphatic heterocycles. The summed E-state index contributed by atoms with van der Waals surface area (Å²) in [5.74, 6) is 2.19. The molecule has 0 radical (unpaired) electrons. The largest absolute Gasteiger partial charge is 0.381 e. The first kappa shape index (κ1) is 10.2. The van der Waals surface area contributed by atoms with Crippen molar-refractivity contribution in [3.8, 4) is 0 Å². The molecule has 1 saturated heterocycles. The lowest BCUT2D eigenvalue weighted by molar-refractivity contribution is -0.121. The van der Waals surface area contributed by atoms with Crippen molar-refractivity contribution in [1.29, 1.82) is 0 Å². The molecular weight excluding hydrogens is 176 g/mol. The second kappa shape index (κ2) is 4.92. The van der Waals surface area contributed by atoms with E-state index in [0.29, 0.717) is 5.78 Å². The molecular formula is C12H20O2. The minimum absolute atomic E-state index is 0.480. The first-order valence-electron chi connectivity index (χ1n) is 5.94. The number of Topliss-reactive ketones (excluding diaryl/α,β-unsaturated/α-hetero) is 1. The minimum atomic E-state index is 0.480. The van der Waals surface area contributed by atoms with E-state index < -0.39 is 0 Å². The fourth-order valence-corrected chi connectivity index (χ4v) is 2.69. The third-order valence-electron chi connectivity index (χ3n) is 3.67. The molecule has 1 aliphatic carbocycles. The van der Waals surface area contributed by atoms with Gasteiger partial charge >= 0.3 is 0 Å². The summed E-state index contributed by atoms with van der Waals surface area (Å²) in [6, 6.07) is 0. The standard InChI is InChI=1S/C12H20O2/c13-12-3-1-10(2-4-12)9-11-5-7-14-8-6-11/h10-11H,1-9H2. The van der Waals surface area contributed by atoms with E-state index in [0.717, 1.165) is 50.7 Å². The third kappa shape index (κ3) is 2.81. The molecule has 80 valence electrons. The molecule has 2 aliphatic rings. The molecule has 0 atom stereocenters. The van der Waals surface area contributed by atoms with Gasteiger partial charge in [0.2, 0.25) is 0 Å². The van der Waals surface area contributed by atoms with Crippen molar-refractivity contribution in [2.24, 2.45) is 11.8 Å². The summed E-state index contributed by atoms with van der Waals surface area (Å²) in [4.78, 5) is 11.1. The fraction of sp³-hybridized carbons (Fsp3) is 0.917. The van der Waals surface area contributed by atoms with Crippen molar-refractivity contribution in [3.63, 3.8) is 0 Å². The highest BCUT2D eigenvalue weighted by Crippen LogP contribution is 2.31. The Bertz CT molecular complexity index is 184. The molecule has 0 bridgehead atoms. The van der Waals surface area contributed by atoms with Crippen LogP contribution in [0.25, 0.3) is 0 Å². The molecule has 0 aromatic rings. The van der Waals surface area contributed by atoms with E-state index >= 15 is 0 Å². The van der Waals surface area contributed by atoms with E-state index in [1.54, 1.807) is 0 Å². The van der Waals surface area contributed by atoms with Crippen molar-refractivity contribution in [3.05, 3.63) is 0 Å². The van der Waals surface area contributed by atoms with Crippen LogP contribution in [0.4, 0.5) is 0 Å². The Balaban J connectivity index is 1.71. The average Bonchev–Trinajstić information content (AvgIpc) is 2.23. The summed E-state index contributed by atoms with van der Waals surface area (Å²) in [5, 5.41) is 0. The van der Waals surface area contributed by atoms with Crippen LogP contribution in [0, 0.1) is 11.8 Å². The van der Waals surface area contributed by atoms with Gasteiger partial charge in [-0.25, -0.2) is 0 Å². The van der Waals surface area contributed by atoms with Gasteiger partial charge in [0.1, 0.15) is 5.78 Å². The molecule has 14 heavy (non-hydrogen) atoms. The van der Waals surface area contributed by atoms with Gasteiger partial charge in [0, 0.05) is 26.1 Å². The first-order valence-corrected chi connectivity index (χ1v) is 5.94. The molecule has 0 N–H and O–H groups in total. The molecule has 1 heterocycles. The van der Waals surface area contributed by atoms with Crippen molar-refractivity contribution in [2.75, 3.05) is 13.2 Å². The Kier molecular flexibility index (Phi) is 3.57. The topological polar surface area (TPSA) is 26.3 Å². The molecule has 2 rings (SSSR count). The zero-order chi connectivity index (χ0) is 9.80. The van der Waals surface area contributed by atoms with Crippen LogP contribution in [0.5, 0.6) is 0 Å². The lowest BCUT2D eigenvalue weighted by Crippen LogP contribution is -2.21. The molecule has 2 nitrogen and oxygen atoms in total. The summed E-state index contributed by atoms with van der Waals surface area (Å²) in [7, 11) is 0. The highest BCUT2D eigenvalue weighted by molar-refractivity contribution is 5.78. The van der Waals surface area contributed by atoms with Gasteiger partial charge in [0.25, 0.3) is 0 Å². The van der Waals surface area contributed by atoms with Crippen LogP contribution in [-0.2, 0) is 9.53 Å². The van der Waals surface area contributed by atoms with Gasteiger partial charge in [-0.3, -0.25) is 4.79 Å². The number of ketones is 1. The van der Waals surface area contributed by atoms with Crippen molar-refractivity contribution < 1.29 is 9.53 Å². The first-order chi connectivity index (χ1) is 6.84. The monoisotopic (exact) mass is 196 g/mol. The Morgan fingerprint density at radius 2 is 1.57 bits per heavy atom. The van der Waals surface area contributed by atoms with Crippen molar-refractivity contribution in [2.45, 2.75) is 44.9 Å². The Morgan fingerprint density at radius 1 is 1.00 bits per heavy atom. The molecule has 2 fully saturated rings. The van der Waals surface area contributed by atoms with E-state index in [2.05, 4.69) is 0 Å². The van der Waals surface area contributed by atoms with Crippen molar-refractivity contribution >= 4 is 5.78 Å². The number of carbonyl (C=O) groups is 1. The molecule has 0 aromatic heterocycles. The van der Waals surface area contributed by atoms with E-state index in [1.807, 2.05) is 0 Å². The quantitative estimate of drug-likeness (QED) is 0.678. The maximum absolute atomic E-state index is 11.1. The lowest BCUT2D eigenvalue weighted by Gasteiger charge is -2.28. The Hall–Kier alpha value is -0.370. The molecule has 0 aromatic carbocycles. The highest BCUT2D eigenvalue weighted by Gasteiger charge is 2.23. The maximum Gasteiger partial charge on any atom is 0.132 e. The van der Waals surface area contributed by atoms with Gasteiger partial charge in [-0.1, -0.05) is 0 Å². The number of carbonyl (C=O) groups excluding carboxylic acids is 1. The van der Waals surface area contributed by atoms with Crippen LogP contribution < -0.4 is 0 Å². The summed E-state index contributed by atoms with van der Waals surface area (Å²) >= 11 is 0. The second-order valence-electron chi connectivity index (χ2n) is 4.77. The molecule has 2 heteroatoms. The molecule has 1 saturated carbocycles. The number of hydrogen-bond acceptors (Lipinski definition) is 2. The Morgan fingerprint density at radius 3 is 2.21 bits per heavy atom. The lowest BCUT2D eigenvalue weighted by atomic mass is 9.80. The molecule has 0 spiro atoms. The van der Waals surface area contributed by atoms with Gasteiger partial charge in [0.15, 0.2) is 0 Å². The van der Waals surface area contributed by atoms with E-state index in [-0.39, 0.29) is 0 Å². The minimum Gasteiger partial charge on any atom is -0.381 e. The van der Waals surface area contributed by atoms with Crippen LogP contribution >= 0.6 is 0 Å². The summed E-state index contributed by atoms with van der Waals surface area (Å²) in [6.45, 7) is 1.91. The molecule has 0 unspecified atom stereocenters. The fourth-order valence-electron chi connectivity index (χ4n) is 2.69. The zero-order valence-electron chi connectivity index (χ0n) is 8.84. The van der Waals surface area contributed by atoms with E-state index in [1.165, 1.54) is 19.3 Å². The van der Waals surface area contributed by atoms with E-state index in [9.17, 15) is 4.79 Å². The van der Waals surface area contributed by atoms with Gasteiger partial charge in [-0.2, -0.15) is 0 Å². The predicted molar refractivity (Wildman–Crippen MR) is 55.1 cm³/mol. The summed E-state index contributed by atoms with van der Waals surface area (Å²) < 4.78 is 5.35. The normalized spacial score (nSPS) is 26.7. The van der Waals surface area contributed by atoms with Crippen LogP contribution in [0.1, 0.15) is 44.9 Å².